The van der Waals surface area contributed by atoms with Crippen LogP contribution in [-0.4, -0.2) is 32.0 Å². The van der Waals surface area contributed by atoms with Gasteiger partial charge >= 0.3 is 0 Å². The number of rotatable bonds is 5. The van der Waals surface area contributed by atoms with Gasteiger partial charge < -0.3 is 4.90 Å². The van der Waals surface area contributed by atoms with Crippen LogP contribution < -0.4 is 5.56 Å². The first kappa shape index (κ1) is 20.2. The smallest absolute Gasteiger partial charge is 0.291 e. The molecule has 7 heteroatoms. The fourth-order valence-electron chi connectivity index (χ4n) is 4.20. The number of hydrogen-bond donors (Lipinski definition) is 0. The van der Waals surface area contributed by atoms with Crippen LogP contribution >= 0.6 is 11.3 Å². The number of hydrogen-bond acceptors (Lipinski definition) is 4. The average Bonchev–Trinajstić information content (AvgIpc) is 3.40. The molecule has 0 aliphatic carbocycles. The van der Waals surface area contributed by atoms with Crippen molar-refractivity contribution in [3.8, 4) is 0 Å². The average molecular weight is 443 g/mol. The summed E-state index contributed by atoms with van der Waals surface area (Å²) in [6.07, 6.45) is 0. The zero-order valence-electron chi connectivity index (χ0n) is 17.8. The van der Waals surface area contributed by atoms with Gasteiger partial charge in [0.15, 0.2) is 0 Å². The third-order valence-corrected chi connectivity index (χ3v) is 6.66. The summed E-state index contributed by atoms with van der Waals surface area (Å²) in [6.45, 7) is 1.73. The second-order valence-electron chi connectivity index (χ2n) is 7.78. The summed E-state index contributed by atoms with van der Waals surface area (Å²) in [5.41, 5.74) is 2.29. The Bertz CT molecular complexity index is 1430. The minimum absolute atomic E-state index is 0.123. The van der Waals surface area contributed by atoms with Crippen molar-refractivity contribution in [3.63, 3.8) is 0 Å². The first-order valence-electron chi connectivity index (χ1n) is 10.4. The standard InChI is InChI=1S/C25H22N4O2S/c1-17-26-28(24(31)21-15-20-13-14-32-25(20)29(17)21)16-22(30)27(2)23(18-9-5-3-6-10-18)19-11-7-4-8-12-19/h3-15,23H,16H2,1-2H3. The number of aromatic nitrogens is 3. The molecule has 0 bridgehead atoms. The second kappa shape index (κ2) is 8.09. The summed E-state index contributed by atoms with van der Waals surface area (Å²) in [5.74, 6) is 0.490. The topological polar surface area (TPSA) is 59.6 Å². The normalized spacial score (nSPS) is 11.5. The summed E-state index contributed by atoms with van der Waals surface area (Å²) in [6, 6.07) is 23.4. The number of likely N-dealkylation sites (N-methyl/N-ethyl adjacent to an activating group) is 1. The number of aryl methyl sites for hydroxylation is 1. The Labute approximate surface area is 189 Å². The largest absolute Gasteiger partial charge is 0.333 e. The van der Waals surface area contributed by atoms with Gasteiger partial charge in [-0.1, -0.05) is 60.7 Å². The van der Waals surface area contributed by atoms with Crippen molar-refractivity contribution in [1.82, 2.24) is 19.1 Å². The molecule has 0 saturated carbocycles. The monoisotopic (exact) mass is 442 g/mol. The van der Waals surface area contributed by atoms with Gasteiger partial charge in [0, 0.05) is 12.4 Å². The molecule has 3 heterocycles. The summed E-state index contributed by atoms with van der Waals surface area (Å²) in [4.78, 5) is 29.2. The molecule has 0 fully saturated rings. The molecule has 0 atom stereocenters. The molecule has 0 spiro atoms. The van der Waals surface area contributed by atoms with E-state index in [1.165, 1.54) is 4.68 Å². The first-order valence-corrected chi connectivity index (χ1v) is 11.2. The Balaban J connectivity index is 1.51. The van der Waals surface area contributed by atoms with Gasteiger partial charge in [-0.05, 0) is 35.6 Å². The van der Waals surface area contributed by atoms with Crippen molar-refractivity contribution in [1.29, 1.82) is 0 Å². The van der Waals surface area contributed by atoms with Gasteiger partial charge in [0.25, 0.3) is 5.56 Å². The molecule has 32 heavy (non-hydrogen) atoms. The highest BCUT2D eigenvalue weighted by atomic mass is 32.1. The van der Waals surface area contributed by atoms with Crippen LogP contribution in [0.3, 0.4) is 0 Å². The van der Waals surface area contributed by atoms with E-state index in [0.29, 0.717) is 11.3 Å². The maximum Gasteiger partial charge on any atom is 0.291 e. The molecule has 0 aliphatic rings. The van der Waals surface area contributed by atoms with E-state index >= 15 is 0 Å². The van der Waals surface area contributed by atoms with Crippen LogP contribution in [0, 0.1) is 6.92 Å². The maximum absolute atomic E-state index is 13.3. The Morgan fingerprint density at radius 1 is 1.03 bits per heavy atom. The predicted octanol–water partition coefficient (Wildman–Crippen LogP) is 4.27. The van der Waals surface area contributed by atoms with E-state index in [1.807, 2.05) is 89.5 Å². The van der Waals surface area contributed by atoms with Crippen molar-refractivity contribution in [3.05, 3.63) is 105 Å². The fourth-order valence-corrected chi connectivity index (χ4v) is 5.14. The maximum atomic E-state index is 13.3. The molecule has 1 amide bonds. The van der Waals surface area contributed by atoms with Gasteiger partial charge in [-0.2, -0.15) is 5.10 Å². The number of fused-ring (bicyclic) bond motifs is 3. The molecule has 0 N–H and O–H groups in total. The van der Waals surface area contributed by atoms with E-state index < -0.39 is 0 Å². The Morgan fingerprint density at radius 3 is 2.28 bits per heavy atom. The molecule has 0 unspecified atom stereocenters. The van der Waals surface area contributed by atoms with E-state index in [0.717, 1.165) is 21.3 Å². The summed E-state index contributed by atoms with van der Waals surface area (Å²) >= 11 is 1.57. The van der Waals surface area contributed by atoms with E-state index in [1.54, 1.807) is 23.3 Å². The van der Waals surface area contributed by atoms with Gasteiger partial charge in [0.1, 0.15) is 22.7 Å². The van der Waals surface area contributed by atoms with E-state index in [2.05, 4.69) is 5.10 Å². The summed E-state index contributed by atoms with van der Waals surface area (Å²) in [5, 5.41) is 7.46. The van der Waals surface area contributed by atoms with Crippen LogP contribution in [0.1, 0.15) is 23.0 Å². The molecule has 160 valence electrons. The zero-order valence-corrected chi connectivity index (χ0v) is 18.6. The minimum Gasteiger partial charge on any atom is -0.333 e. The van der Waals surface area contributed by atoms with Crippen molar-refractivity contribution < 1.29 is 4.79 Å². The molecule has 5 rings (SSSR count). The number of amides is 1. The number of carbonyl (C=O) groups excluding carboxylic acids is 1. The summed E-state index contributed by atoms with van der Waals surface area (Å²) in [7, 11) is 1.77. The first-order chi connectivity index (χ1) is 15.5. The molecule has 0 aliphatic heterocycles. The molecule has 0 radical (unpaired) electrons. The Hall–Kier alpha value is -3.71. The van der Waals surface area contributed by atoms with Crippen molar-refractivity contribution in [2.24, 2.45) is 0 Å². The number of benzene rings is 2. The molecule has 2 aromatic carbocycles. The molecule has 5 aromatic rings. The lowest BCUT2D eigenvalue weighted by atomic mass is 9.97. The van der Waals surface area contributed by atoms with Crippen molar-refractivity contribution in [2.75, 3.05) is 7.05 Å². The lowest BCUT2D eigenvalue weighted by Crippen LogP contribution is -2.38. The molecule has 3 aromatic heterocycles. The molecular weight excluding hydrogens is 420 g/mol. The van der Waals surface area contributed by atoms with Gasteiger partial charge in [0.2, 0.25) is 5.91 Å². The number of nitrogens with zero attached hydrogens (tertiary/aromatic N) is 4. The minimum atomic E-state index is -0.267. The van der Waals surface area contributed by atoms with E-state index in [-0.39, 0.29) is 24.1 Å². The van der Waals surface area contributed by atoms with Gasteiger partial charge in [-0.15, -0.1) is 11.3 Å². The van der Waals surface area contributed by atoms with Crippen LogP contribution in [0.4, 0.5) is 0 Å². The van der Waals surface area contributed by atoms with E-state index in [4.69, 9.17) is 0 Å². The zero-order chi connectivity index (χ0) is 22.2. The highest BCUT2D eigenvalue weighted by Crippen LogP contribution is 2.28. The number of thiophene rings is 1. The Morgan fingerprint density at radius 2 is 1.66 bits per heavy atom. The molecule has 6 nitrogen and oxygen atoms in total. The van der Waals surface area contributed by atoms with Gasteiger partial charge in [-0.25, -0.2) is 4.68 Å². The third-order valence-electron chi connectivity index (χ3n) is 5.75. The highest BCUT2D eigenvalue weighted by molar-refractivity contribution is 7.16. The van der Waals surface area contributed by atoms with Gasteiger partial charge in [0.05, 0.1) is 6.04 Å². The van der Waals surface area contributed by atoms with Crippen LogP contribution in [0.15, 0.2) is 83.0 Å². The lowest BCUT2D eigenvalue weighted by Gasteiger charge is -2.29. The van der Waals surface area contributed by atoms with Crippen LogP contribution in [0.2, 0.25) is 0 Å². The fraction of sp³-hybridized carbons (Fsp3) is 0.160. The molecular formula is C25H22N4O2S. The predicted molar refractivity (Wildman–Crippen MR) is 127 cm³/mol. The van der Waals surface area contributed by atoms with Crippen LogP contribution in [0.5, 0.6) is 0 Å². The second-order valence-corrected chi connectivity index (χ2v) is 8.68. The van der Waals surface area contributed by atoms with Crippen LogP contribution in [0.25, 0.3) is 15.7 Å². The lowest BCUT2D eigenvalue weighted by molar-refractivity contribution is -0.132. The SMILES string of the molecule is Cc1nn(CC(=O)N(C)C(c2ccccc2)c2ccccc2)c(=O)c2cc3ccsc3n12. The number of carbonyl (C=O) groups is 1. The quantitative estimate of drug-likeness (QED) is 0.409. The van der Waals surface area contributed by atoms with Crippen molar-refractivity contribution >= 4 is 33.0 Å². The van der Waals surface area contributed by atoms with Crippen molar-refractivity contribution in [2.45, 2.75) is 19.5 Å². The Kier molecular flexibility index (Phi) is 5.11. The summed E-state index contributed by atoms with van der Waals surface area (Å²) < 4.78 is 3.14. The molecule has 0 saturated heterocycles. The highest BCUT2D eigenvalue weighted by Gasteiger charge is 2.24. The van der Waals surface area contributed by atoms with E-state index in [9.17, 15) is 9.59 Å². The third kappa shape index (κ3) is 3.40. The van der Waals surface area contributed by atoms with Crippen LogP contribution in [-0.2, 0) is 11.3 Å². The van der Waals surface area contributed by atoms with Gasteiger partial charge in [-0.3, -0.25) is 14.0 Å².